The van der Waals surface area contributed by atoms with Gasteiger partial charge in [-0.1, -0.05) is 50.2 Å². The van der Waals surface area contributed by atoms with Gasteiger partial charge in [-0.2, -0.15) is 0 Å². The molecule has 2 atom stereocenters. The van der Waals surface area contributed by atoms with Gasteiger partial charge in [0.15, 0.2) is 0 Å². The van der Waals surface area contributed by atoms with Crippen LogP contribution in [0.3, 0.4) is 0 Å². The summed E-state index contributed by atoms with van der Waals surface area (Å²) in [6.07, 6.45) is 1.38. The summed E-state index contributed by atoms with van der Waals surface area (Å²) < 4.78 is 5.00. The standard InChI is InChI=1S/C16H14O.C10H18N2O4/c1-16(2)14-6-4-3-5-12(14)13-9-11(10-17)7-8-15(13)16;1-11-4-9(13)12-5-7(6-16-2)3-8(12)10(14)15/h3-10H,1-2H3;7-8,11H,3-6H2,1-2H3,(H,14,15). The monoisotopic (exact) mass is 452 g/mol. The van der Waals surface area contributed by atoms with Gasteiger partial charge in [0.25, 0.3) is 0 Å². The predicted molar refractivity (Wildman–Crippen MR) is 126 cm³/mol. The van der Waals surface area contributed by atoms with Crippen LogP contribution in [0.1, 0.15) is 41.8 Å². The van der Waals surface area contributed by atoms with Crippen molar-refractivity contribution >= 4 is 18.2 Å². The fourth-order valence-corrected chi connectivity index (χ4v) is 4.85. The van der Waals surface area contributed by atoms with Crippen LogP contribution in [-0.4, -0.2) is 68.1 Å². The van der Waals surface area contributed by atoms with Crippen molar-refractivity contribution in [2.24, 2.45) is 5.92 Å². The molecule has 1 saturated heterocycles. The minimum Gasteiger partial charge on any atom is -0.480 e. The number of aldehydes is 1. The number of benzene rings is 2. The smallest absolute Gasteiger partial charge is 0.326 e. The van der Waals surface area contributed by atoms with Crippen molar-refractivity contribution in [1.82, 2.24) is 10.2 Å². The van der Waals surface area contributed by atoms with Gasteiger partial charge in [-0.05, 0) is 41.8 Å². The van der Waals surface area contributed by atoms with Gasteiger partial charge in [0.05, 0.1) is 13.2 Å². The number of aliphatic carboxylic acids is 1. The van der Waals surface area contributed by atoms with Crippen molar-refractivity contribution < 1.29 is 24.2 Å². The summed E-state index contributed by atoms with van der Waals surface area (Å²) in [4.78, 5) is 35.0. The van der Waals surface area contributed by atoms with E-state index in [4.69, 9.17) is 9.84 Å². The Morgan fingerprint density at radius 3 is 2.52 bits per heavy atom. The van der Waals surface area contributed by atoms with E-state index in [0.717, 1.165) is 11.8 Å². The summed E-state index contributed by atoms with van der Waals surface area (Å²) in [6.45, 7) is 5.60. The summed E-state index contributed by atoms with van der Waals surface area (Å²) >= 11 is 0. The summed E-state index contributed by atoms with van der Waals surface area (Å²) in [5.41, 5.74) is 5.90. The van der Waals surface area contributed by atoms with Gasteiger partial charge in [0.2, 0.25) is 5.91 Å². The SMILES string of the molecule is CC1(C)c2ccccc2-c2cc(C=O)ccc21.CNCC(=O)N1CC(COC)CC1C(=O)O. The Labute approximate surface area is 194 Å². The minimum absolute atomic E-state index is 0.0351. The number of likely N-dealkylation sites (N-methyl/N-ethyl adjacent to an activating group) is 1. The van der Waals surface area contributed by atoms with E-state index < -0.39 is 12.0 Å². The molecule has 0 saturated carbocycles. The van der Waals surface area contributed by atoms with Gasteiger partial charge in [0, 0.05) is 30.6 Å². The second-order valence-electron chi connectivity index (χ2n) is 9.08. The minimum atomic E-state index is -0.942. The number of nitrogens with zero attached hydrogens (tertiary/aromatic N) is 1. The number of carboxylic acid groups (broad SMARTS) is 1. The first-order valence-corrected chi connectivity index (χ1v) is 11.1. The second kappa shape index (κ2) is 10.3. The number of hydrogen-bond donors (Lipinski definition) is 2. The van der Waals surface area contributed by atoms with Crippen molar-refractivity contribution in [3.05, 3.63) is 59.2 Å². The number of carbonyl (C=O) groups excluding carboxylic acids is 2. The third-order valence-corrected chi connectivity index (χ3v) is 6.47. The Hall–Kier alpha value is -3.03. The summed E-state index contributed by atoms with van der Waals surface area (Å²) in [6, 6.07) is 13.7. The Morgan fingerprint density at radius 2 is 1.88 bits per heavy atom. The lowest BCUT2D eigenvalue weighted by atomic mass is 9.82. The first-order chi connectivity index (χ1) is 15.7. The van der Waals surface area contributed by atoms with Crippen LogP contribution in [-0.2, 0) is 19.7 Å². The molecule has 2 aromatic rings. The number of carboxylic acids is 1. The van der Waals surface area contributed by atoms with E-state index in [9.17, 15) is 14.4 Å². The van der Waals surface area contributed by atoms with Crippen molar-refractivity contribution in [3.8, 4) is 11.1 Å². The maximum Gasteiger partial charge on any atom is 0.326 e. The largest absolute Gasteiger partial charge is 0.480 e. The van der Waals surface area contributed by atoms with Crippen LogP contribution in [0.2, 0.25) is 0 Å². The summed E-state index contributed by atoms with van der Waals surface area (Å²) in [7, 11) is 3.24. The van der Waals surface area contributed by atoms with Gasteiger partial charge < -0.3 is 20.1 Å². The van der Waals surface area contributed by atoms with E-state index in [2.05, 4.69) is 49.5 Å². The maximum absolute atomic E-state index is 11.7. The van der Waals surface area contributed by atoms with Crippen LogP contribution in [0, 0.1) is 5.92 Å². The van der Waals surface area contributed by atoms with Gasteiger partial charge in [0.1, 0.15) is 12.3 Å². The van der Waals surface area contributed by atoms with E-state index in [-0.39, 0.29) is 23.8 Å². The van der Waals surface area contributed by atoms with Gasteiger partial charge in [-0.3, -0.25) is 9.59 Å². The van der Waals surface area contributed by atoms with Crippen LogP contribution in [0.4, 0.5) is 0 Å². The van der Waals surface area contributed by atoms with E-state index in [1.54, 1.807) is 14.2 Å². The lowest BCUT2D eigenvalue weighted by molar-refractivity contribution is -0.147. The molecule has 33 heavy (non-hydrogen) atoms. The van der Waals surface area contributed by atoms with E-state index in [0.29, 0.717) is 19.6 Å². The molecule has 1 amide bonds. The molecule has 7 heteroatoms. The molecule has 2 aliphatic rings. The summed E-state index contributed by atoms with van der Waals surface area (Å²) in [5.74, 6) is -0.997. The first kappa shape index (κ1) is 24.6. The average molecular weight is 453 g/mol. The quantitative estimate of drug-likeness (QED) is 0.655. The third-order valence-electron chi connectivity index (χ3n) is 6.47. The number of carbonyl (C=O) groups is 3. The van der Waals surface area contributed by atoms with Gasteiger partial charge >= 0.3 is 5.97 Å². The Bertz CT molecular complexity index is 1030. The molecule has 1 aliphatic heterocycles. The number of fused-ring (bicyclic) bond motifs is 3. The molecule has 7 nitrogen and oxygen atoms in total. The van der Waals surface area contributed by atoms with E-state index in [1.165, 1.54) is 27.2 Å². The molecular weight excluding hydrogens is 420 g/mol. The molecule has 2 N–H and O–H groups in total. The van der Waals surface area contributed by atoms with Crippen LogP contribution in [0.25, 0.3) is 11.1 Å². The zero-order valence-corrected chi connectivity index (χ0v) is 19.6. The Morgan fingerprint density at radius 1 is 1.18 bits per heavy atom. The normalized spacial score (nSPS) is 19.8. The fraction of sp³-hybridized carbons (Fsp3) is 0.423. The molecule has 2 aromatic carbocycles. The Balaban J connectivity index is 0.000000186. The fourth-order valence-electron chi connectivity index (χ4n) is 4.85. The number of ether oxygens (including phenoxy) is 1. The van der Waals surface area contributed by atoms with E-state index in [1.807, 2.05) is 12.1 Å². The zero-order valence-electron chi connectivity index (χ0n) is 19.6. The van der Waals surface area contributed by atoms with Crippen molar-refractivity contribution in [1.29, 1.82) is 0 Å². The van der Waals surface area contributed by atoms with Crippen LogP contribution in [0.5, 0.6) is 0 Å². The van der Waals surface area contributed by atoms with Crippen LogP contribution >= 0.6 is 0 Å². The van der Waals surface area contributed by atoms with Crippen molar-refractivity contribution in [3.63, 3.8) is 0 Å². The average Bonchev–Trinajstić information content (AvgIpc) is 3.32. The first-order valence-electron chi connectivity index (χ1n) is 11.1. The van der Waals surface area contributed by atoms with Crippen LogP contribution < -0.4 is 5.32 Å². The van der Waals surface area contributed by atoms with Crippen molar-refractivity contribution in [2.75, 3.05) is 33.9 Å². The number of amides is 1. The number of hydrogen-bond acceptors (Lipinski definition) is 5. The predicted octanol–water partition coefficient (Wildman–Crippen LogP) is 2.96. The summed E-state index contributed by atoms with van der Waals surface area (Å²) in [5, 5.41) is 11.8. The number of nitrogens with one attached hydrogen (secondary N) is 1. The lowest BCUT2D eigenvalue weighted by Crippen LogP contribution is -2.44. The molecular formula is C26H32N2O5. The number of methoxy groups -OCH3 is 1. The molecule has 1 fully saturated rings. The molecule has 1 aliphatic carbocycles. The molecule has 0 aromatic heterocycles. The maximum atomic E-state index is 11.7. The van der Waals surface area contributed by atoms with Crippen molar-refractivity contribution in [2.45, 2.75) is 31.7 Å². The molecule has 1 heterocycles. The molecule has 2 unspecified atom stereocenters. The topological polar surface area (TPSA) is 95.9 Å². The molecule has 0 bridgehead atoms. The van der Waals surface area contributed by atoms with E-state index >= 15 is 0 Å². The van der Waals surface area contributed by atoms with Crippen LogP contribution in [0.15, 0.2) is 42.5 Å². The number of likely N-dealkylation sites (tertiary alicyclic amines) is 1. The highest BCUT2D eigenvalue weighted by Crippen LogP contribution is 2.48. The highest BCUT2D eigenvalue weighted by atomic mass is 16.5. The highest BCUT2D eigenvalue weighted by molar-refractivity contribution is 5.86. The molecule has 0 spiro atoms. The molecule has 0 radical (unpaired) electrons. The zero-order chi connectivity index (χ0) is 24.2. The third kappa shape index (κ3) is 4.99. The highest BCUT2D eigenvalue weighted by Gasteiger charge is 2.39. The Kier molecular flexibility index (Phi) is 7.66. The number of rotatable bonds is 6. The molecule has 4 rings (SSSR count). The van der Waals surface area contributed by atoms with Gasteiger partial charge in [-0.25, -0.2) is 4.79 Å². The van der Waals surface area contributed by atoms with Gasteiger partial charge in [-0.15, -0.1) is 0 Å². The molecule has 176 valence electrons. The lowest BCUT2D eigenvalue weighted by Gasteiger charge is -2.21. The second-order valence-corrected chi connectivity index (χ2v) is 9.08.